The molecule has 1 atom stereocenters. The van der Waals surface area contributed by atoms with Crippen LogP contribution in [0.3, 0.4) is 0 Å². The van der Waals surface area contributed by atoms with Gasteiger partial charge in [-0.1, -0.05) is 41.9 Å². The van der Waals surface area contributed by atoms with E-state index in [1.54, 1.807) is 30.3 Å². The van der Waals surface area contributed by atoms with Gasteiger partial charge in [-0.3, -0.25) is 4.90 Å². The Labute approximate surface area is 231 Å². The molecule has 1 saturated heterocycles. The Hall–Kier alpha value is -2.63. The number of alkyl halides is 3. The molecule has 0 spiro atoms. The monoisotopic (exact) mass is 582 g/mol. The van der Waals surface area contributed by atoms with Gasteiger partial charge >= 0.3 is 6.18 Å². The van der Waals surface area contributed by atoms with Crippen molar-refractivity contribution in [3.63, 3.8) is 0 Å². The maximum absolute atomic E-state index is 13.4. The highest BCUT2D eigenvalue weighted by molar-refractivity contribution is 7.89. The van der Waals surface area contributed by atoms with Gasteiger partial charge in [-0.05, 0) is 60.0 Å². The smallest absolute Gasteiger partial charge is 0.416 e. The molecule has 11 heteroatoms. The summed E-state index contributed by atoms with van der Waals surface area (Å²) >= 11 is 6.06. The van der Waals surface area contributed by atoms with E-state index in [0.29, 0.717) is 49.1 Å². The zero-order valence-corrected chi connectivity index (χ0v) is 23.2. The number of aryl methyl sites for hydroxylation is 1. The van der Waals surface area contributed by atoms with Crippen LogP contribution in [-0.2, 0) is 27.5 Å². The van der Waals surface area contributed by atoms with Gasteiger partial charge in [-0.15, -0.1) is 0 Å². The highest BCUT2D eigenvalue weighted by Crippen LogP contribution is 2.31. The normalized spacial score (nSPS) is 16.3. The van der Waals surface area contributed by atoms with Gasteiger partial charge in [-0.2, -0.15) is 17.5 Å². The Kier molecular flexibility index (Phi) is 9.23. The molecule has 0 aliphatic carbocycles. The van der Waals surface area contributed by atoms with Crippen LogP contribution >= 0.6 is 11.6 Å². The number of ether oxygens (including phenoxy) is 2. The molecule has 6 nitrogen and oxygen atoms in total. The number of methoxy groups -OCH3 is 1. The SMILES string of the molecule is COc1ccc(C)cc1S(=O)(=O)N1CCN(C[C@@H](OCc2ccc(C(F)(F)F)cc2)c2ccc(Cl)cc2)CC1. The van der Waals surface area contributed by atoms with Crippen LogP contribution in [-0.4, -0.2) is 57.5 Å². The zero-order valence-electron chi connectivity index (χ0n) is 21.6. The highest BCUT2D eigenvalue weighted by atomic mass is 35.5. The summed E-state index contributed by atoms with van der Waals surface area (Å²) in [7, 11) is -2.29. The summed E-state index contributed by atoms with van der Waals surface area (Å²) in [5, 5.41) is 0.575. The van der Waals surface area contributed by atoms with Crippen LogP contribution in [0.1, 0.15) is 28.4 Å². The molecule has 0 N–H and O–H groups in total. The number of halogens is 4. The Morgan fingerprint density at radius 2 is 1.59 bits per heavy atom. The van der Waals surface area contributed by atoms with Crippen molar-refractivity contribution < 1.29 is 31.1 Å². The number of nitrogens with zero attached hydrogens (tertiary/aromatic N) is 2. The topological polar surface area (TPSA) is 59.1 Å². The number of piperazine rings is 1. The van der Waals surface area contributed by atoms with E-state index in [1.807, 2.05) is 19.1 Å². The lowest BCUT2D eigenvalue weighted by molar-refractivity contribution is -0.137. The molecule has 0 amide bonds. The molecule has 1 fully saturated rings. The second kappa shape index (κ2) is 12.3. The maximum Gasteiger partial charge on any atom is 0.416 e. The Balaban J connectivity index is 1.43. The molecule has 3 aromatic rings. The molecule has 39 heavy (non-hydrogen) atoms. The van der Waals surface area contributed by atoms with E-state index in [0.717, 1.165) is 23.3 Å². The van der Waals surface area contributed by atoms with E-state index in [1.165, 1.54) is 23.5 Å². The molecule has 1 aliphatic heterocycles. The number of hydrogen-bond acceptors (Lipinski definition) is 5. The average Bonchev–Trinajstić information content (AvgIpc) is 2.91. The van der Waals surface area contributed by atoms with E-state index in [2.05, 4.69) is 4.90 Å². The number of sulfonamides is 1. The first-order valence-corrected chi connectivity index (χ1v) is 14.2. The number of benzene rings is 3. The van der Waals surface area contributed by atoms with Crippen molar-refractivity contribution in [2.75, 3.05) is 39.8 Å². The summed E-state index contributed by atoms with van der Waals surface area (Å²) in [6.45, 7) is 3.99. The molecule has 4 rings (SSSR count). The first kappa shape index (κ1) is 29.4. The average molecular weight is 583 g/mol. The van der Waals surface area contributed by atoms with Gasteiger partial charge in [0.05, 0.1) is 25.4 Å². The quantitative estimate of drug-likeness (QED) is 0.313. The van der Waals surface area contributed by atoms with E-state index in [9.17, 15) is 21.6 Å². The summed E-state index contributed by atoms with van der Waals surface area (Å²) in [5.74, 6) is 0.308. The first-order valence-electron chi connectivity index (χ1n) is 12.4. The lowest BCUT2D eigenvalue weighted by Gasteiger charge is -2.36. The highest BCUT2D eigenvalue weighted by Gasteiger charge is 2.32. The lowest BCUT2D eigenvalue weighted by atomic mass is 10.1. The molecule has 1 aliphatic rings. The maximum atomic E-state index is 13.4. The van der Waals surface area contributed by atoms with Crippen molar-refractivity contribution in [1.82, 2.24) is 9.21 Å². The molecule has 1 heterocycles. The van der Waals surface area contributed by atoms with Gasteiger partial charge in [0.15, 0.2) is 0 Å². The first-order chi connectivity index (χ1) is 18.5. The van der Waals surface area contributed by atoms with E-state index >= 15 is 0 Å². The fourth-order valence-electron chi connectivity index (χ4n) is 4.43. The van der Waals surface area contributed by atoms with Gasteiger partial charge in [0.1, 0.15) is 10.6 Å². The molecule has 0 unspecified atom stereocenters. The van der Waals surface area contributed by atoms with Crippen molar-refractivity contribution >= 4 is 21.6 Å². The fourth-order valence-corrected chi connectivity index (χ4v) is 6.22. The standard InChI is InChI=1S/C28H30ClF3N2O4S/c1-20-3-12-25(37-2)27(17-20)39(35,36)34-15-13-33(14-16-34)18-26(22-6-10-24(29)11-7-22)38-19-21-4-8-23(9-5-21)28(30,31)32/h3-12,17,26H,13-16,18-19H2,1-2H3/t26-/m1/s1. The van der Waals surface area contributed by atoms with Gasteiger partial charge in [-0.25, -0.2) is 8.42 Å². The van der Waals surface area contributed by atoms with Crippen molar-refractivity contribution in [3.05, 3.63) is 94.0 Å². The fraction of sp³-hybridized carbons (Fsp3) is 0.357. The molecular weight excluding hydrogens is 553 g/mol. The lowest BCUT2D eigenvalue weighted by Crippen LogP contribution is -2.49. The number of rotatable bonds is 9. The van der Waals surface area contributed by atoms with E-state index in [4.69, 9.17) is 21.1 Å². The second-order valence-electron chi connectivity index (χ2n) is 9.40. The minimum absolute atomic E-state index is 0.118. The summed E-state index contributed by atoms with van der Waals surface area (Å²) in [5.41, 5.74) is 1.59. The number of hydrogen-bond donors (Lipinski definition) is 0. The second-order valence-corrected chi connectivity index (χ2v) is 11.7. The van der Waals surface area contributed by atoms with Crippen LogP contribution < -0.4 is 4.74 Å². The third-order valence-corrected chi connectivity index (χ3v) is 8.84. The van der Waals surface area contributed by atoms with Crippen LogP contribution in [0.15, 0.2) is 71.6 Å². The summed E-state index contributed by atoms with van der Waals surface area (Å²) in [6, 6.07) is 17.2. The summed E-state index contributed by atoms with van der Waals surface area (Å²) < 4.78 is 78.4. The van der Waals surface area contributed by atoms with Gasteiger partial charge < -0.3 is 9.47 Å². The van der Waals surface area contributed by atoms with Crippen molar-refractivity contribution in [2.24, 2.45) is 0 Å². The van der Waals surface area contributed by atoms with Crippen LogP contribution in [0, 0.1) is 6.92 Å². The van der Waals surface area contributed by atoms with Crippen molar-refractivity contribution in [3.8, 4) is 5.75 Å². The predicted molar refractivity (Wildman–Crippen MR) is 143 cm³/mol. The van der Waals surface area contributed by atoms with Crippen molar-refractivity contribution in [1.29, 1.82) is 0 Å². The van der Waals surface area contributed by atoms with Crippen LogP contribution in [0.4, 0.5) is 13.2 Å². The minimum Gasteiger partial charge on any atom is -0.495 e. The van der Waals surface area contributed by atoms with Gasteiger partial charge in [0.2, 0.25) is 10.0 Å². The van der Waals surface area contributed by atoms with Crippen LogP contribution in [0.5, 0.6) is 5.75 Å². The van der Waals surface area contributed by atoms with E-state index < -0.39 is 27.9 Å². The summed E-state index contributed by atoms with van der Waals surface area (Å²) in [4.78, 5) is 2.27. The van der Waals surface area contributed by atoms with Crippen LogP contribution in [0.25, 0.3) is 0 Å². The molecule has 0 radical (unpaired) electrons. The molecule has 0 aromatic heterocycles. The Morgan fingerprint density at radius 1 is 0.949 bits per heavy atom. The molecular formula is C28H30ClF3N2O4S. The molecule has 0 bridgehead atoms. The van der Waals surface area contributed by atoms with Gasteiger partial charge in [0, 0.05) is 37.7 Å². The van der Waals surface area contributed by atoms with Crippen molar-refractivity contribution in [2.45, 2.75) is 30.7 Å². The van der Waals surface area contributed by atoms with Gasteiger partial charge in [0.25, 0.3) is 0 Å². The molecule has 210 valence electrons. The third kappa shape index (κ3) is 7.32. The Bertz CT molecular complexity index is 1360. The molecule has 0 saturated carbocycles. The molecule has 3 aromatic carbocycles. The third-order valence-electron chi connectivity index (χ3n) is 6.67. The zero-order chi connectivity index (χ0) is 28.2. The predicted octanol–water partition coefficient (Wildman–Crippen LogP) is 5.94. The minimum atomic E-state index is -4.40. The largest absolute Gasteiger partial charge is 0.495 e. The van der Waals surface area contributed by atoms with E-state index in [-0.39, 0.29) is 11.5 Å². The summed E-state index contributed by atoms with van der Waals surface area (Å²) in [6.07, 6.45) is -4.80. The van der Waals surface area contributed by atoms with Crippen LogP contribution in [0.2, 0.25) is 5.02 Å². The Morgan fingerprint density at radius 3 is 2.18 bits per heavy atom.